The number of piperidine rings is 1. The average Bonchev–Trinajstić information content (AvgIpc) is 2.61. The van der Waals surface area contributed by atoms with Crippen LogP contribution < -0.4 is 5.32 Å². The highest BCUT2D eigenvalue weighted by Crippen LogP contribution is 2.24. The Morgan fingerprint density at radius 1 is 1.12 bits per heavy atom. The molecule has 0 radical (unpaired) electrons. The molecule has 4 nitrogen and oxygen atoms in total. The van der Waals surface area contributed by atoms with Crippen molar-refractivity contribution in [2.45, 2.75) is 64.6 Å². The van der Waals surface area contributed by atoms with Gasteiger partial charge >= 0.3 is 5.97 Å². The summed E-state index contributed by atoms with van der Waals surface area (Å²) in [5, 5.41) is 12.7. The molecule has 0 aromatic heterocycles. The minimum atomic E-state index is -0.628. The van der Waals surface area contributed by atoms with Crippen molar-refractivity contribution in [3.8, 4) is 0 Å². The van der Waals surface area contributed by atoms with E-state index in [4.69, 9.17) is 5.11 Å². The smallest absolute Gasteiger partial charge is 0.306 e. The fraction of sp³-hybridized carbons (Fsp3) is 0.667. The monoisotopic (exact) mass is 344 g/mol. The van der Waals surface area contributed by atoms with Gasteiger partial charge in [-0.2, -0.15) is 0 Å². The van der Waals surface area contributed by atoms with E-state index < -0.39 is 5.97 Å². The van der Waals surface area contributed by atoms with E-state index in [1.165, 1.54) is 37.1 Å². The Labute approximate surface area is 151 Å². The van der Waals surface area contributed by atoms with Crippen molar-refractivity contribution in [1.82, 2.24) is 10.2 Å². The predicted octanol–water partition coefficient (Wildman–Crippen LogP) is 3.65. The molecule has 1 saturated heterocycles. The lowest BCUT2D eigenvalue weighted by molar-refractivity contribution is -0.142. The van der Waals surface area contributed by atoms with Gasteiger partial charge in [0.2, 0.25) is 0 Å². The van der Waals surface area contributed by atoms with Gasteiger partial charge in [0, 0.05) is 25.7 Å². The van der Waals surface area contributed by atoms with Gasteiger partial charge in [0.1, 0.15) is 0 Å². The van der Waals surface area contributed by atoms with Crippen LogP contribution in [0, 0.1) is 11.8 Å². The van der Waals surface area contributed by atoms with Gasteiger partial charge in [-0.25, -0.2) is 0 Å². The second kappa shape index (κ2) is 8.81. The summed E-state index contributed by atoms with van der Waals surface area (Å²) >= 11 is 0. The van der Waals surface area contributed by atoms with Crippen LogP contribution in [0.5, 0.6) is 0 Å². The molecule has 1 atom stereocenters. The number of hydrogen-bond acceptors (Lipinski definition) is 3. The Bertz CT molecular complexity index is 550. The number of benzene rings is 1. The first kappa shape index (κ1) is 18.4. The Balaban J connectivity index is 1.41. The van der Waals surface area contributed by atoms with Gasteiger partial charge in [-0.3, -0.25) is 9.69 Å². The molecule has 1 aliphatic carbocycles. The van der Waals surface area contributed by atoms with E-state index in [-0.39, 0.29) is 5.92 Å². The van der Waals surface area contributed by atoms with Crippen molar-refractivity contribution in [3.05, 3.63) is 35.4 Å². The zero-order valence-corrected chi connectivity index (χ0v) is 15.4. The van der Waals surface area contributed by atoms with Gasteiger partial charge in [0.15, 0.2) is 0 Å². The molecule has 0 spiro atoms. The lowest BCUT2D eigenvalue weighted by atomic mass is 9.86. The first-order chi connectivity index (χ1) is 12.1. The van der Waals surface area contributed by atoms with Crippen molar-refractivity contribution < 1.29 is 9.90 Å². The third-order valence-electron chi connectivity index (χ3n) is 5.84. The molecule has 0 bridgehead atoms. The summed E-state index contributed by atoms with van der Waals surface area (Å²) in [4.78, 5) is 13.6. The second-order valence-corrected chi connectivity index (χ2v) is 8.07. The van der Waals surface area contributed by atoms with Crippen molar-refractivity contribution >= 4 is 5.97 Å². The third-order valence-corrected chi connectivity index (χ3v) is 5.84. The van der Waals surface area contributed by atoms with Crippen LogP contribution in [0.2, 0.25) is 0 Å². The van der Waals surface area contributed by atoms with Crippen LogP contribution >= 0.6 is 0 Å². The lowest BCUT2D eigenvalue weighted by Gasteiger charge is -2.30. The van der Waals surface area contributed by atoms with Crippen LogP contribution in [0.15, 0.2) is 24.3 Å². The highest BCUT2D eigenvalue weighted by Gasteiger charge is 2.25. The topological polar surface area (TPSA) is 52.6 Å². The summed E-state index contributed by atoms with van der Waals surface area (Å²) in [7, 11) is 0. The fourth-order valence-electron chi connectivity index (χ4n) is 4.26. The van der Waals surface area contributed by atoms with E-state index in [0.29, 0.717) is 6.04 Å². The van der Waals surface area contributed by atoms with Gasteiger partial charge in [-0.1, -0.05) is 31.2 Å². The zero-order chi connectivity index (χ0) is 17.6. The molecular weight excluding hydrogens is 312 g/mol. The minimum Gasteiger partial charge on any atom is -0.481 e. The van der Waals surface area contributed by atoms with Crippen molar-refractivity contribution in [3.63, 3.8) is 0 Å². The molecule has 2 aliphatic rings. The summed E-state index contributed by atoms with van der Waals surface area (Å²) in [6, 6.07) is 9.46. The summed E-state index contributed by atoms with van der Waals surface area (Å²) < 4.78 is 0. The van der Waals surface area contributed by atoms with E-state index in [1.807, 2.05) is 0 Å². The van der Waals surface area contributed by atoms with Gasteiger partial charge in [0.25, 0.3) is 0 Å². The minimum absolute atomic E-state index is 0.130. The van der Waals surface area contributed by atoms with Crippen LogP contribution in [0.4, 0.5) is 0 Å². The van der Waals surface area contributed by atoms with E-state index in [1.54, 1.807) is 0 Å². The van der Waals surface area contributed by atoms with Gasteiger partial charge in [0.05, 0.1) is 5.92 Å². The van der Waals surface area contributed by atoms with Crippen LogP contribution in [0.3, 0.4) is 0 Å². The third kappa shape index (κ3) is 5.55. The molecule has 2 N–H and O–H groups in total. The normalized spacial score (nSPS) is 28.0. The first-order valence-corrected chi connectivity index (χ1v) is 9.86. The zero-order valence-electron chi connectivity index (χ0n) is 15.4. The maximum absolute atomic E-state index is 11.0. The van der Waals surface area contributed by atoms with E-state index in [0.717, 1.165) is 44.7 Å². The maximum Gasteiger partial charge on any atom is 0.306 e. The van der Waals surface area contributed by atoms with Crippen molar-refractivity contribution in [2.24, 2.45) is 11.8 Å². The largest absolute Gasteiger partial charge is 0.481 e. The van der Waals surface area contributed by atoms with E-state index >= 15 is 0 Å². The second-order valence-electron chi connectivity index (χ2n) is 8.07. The average molecular weight is 344 g/mol. The number of carboxylic acid groups (broad SMARTS) is 1. The molecule has 1 aromatic rings. The Morgan fingerprint density at radius 2 is 1.80 bits per heavy atom. The maximum atomic E-state index is 11.0. The van der Waals surface area contributed by atoms with Crippen LogP contribution in [-0.2, 0) is 17.9 Å². The number of hydrogen-bond donors (Lipinski definition) is 2. The summed E-state index contributed by atoms with van der Waals surface area (Å²) in [6.45, 7) is 6.75. The molecule has 138 valence electrons. The fourth-order valence-corrected chi connectivity index (χ4v) is 4.26. The summed E-state index contributed by atoms with van der Waals surface area (Å²) in [6.07, 6.45) is 6.26. The van der Waals surface area contributed by atoms with Gasteiger partial charge < -0.3 is 10.4 Å². The Morgan fingerprint density at radius 3 is 2.44 bits per heavy atom. The molecule has 2 fully saturated rings. The predicted molar refractivity (Wildman–Crippen MR) is 100 cm³/mol. The lowest BCUT2D eigenvalue weighted by Crippen LogP contribution is -2.34. The molecule has 1 heterocycles. The molecule has 1 aromatic carbocycles. The molecule has 1 aliphatic heterocycles. The van der Waals surface area contributed by atoms with Crippen molar-refractivity contribution in [1.29, 1.82) is 0 Å². The SMILES string of the molecule is CC1CCCN(Cc2ccc(CNC3CCC(C(=O)O)CC3)cc2)C1. The molecule has 1 saturated carbocycles. The first-order valence-electron chi connectivity index (χ1n) is 9.86. The number of carbonyl (C=O) groups is 1. The summed E-state index contributed by atoms with van der Waals surface area (Å²) in [5.74, 6) is 0.0698. The highest BCUT2D eigenvalue weighted by molar-refractivity contribution is 5.70. The van der Waals surface area contributed by atoms with Crippen LogP contribution in [0.25, 0.3) is 0 Å². The standard InChI is InChI=1S/C21H32N2O2/c1-16-3-2-12-23(14-16)15-18-6-4-17(5-7-18)13-22-20-10-8-19(9-11-20)21(24)25/h4-7,16,19-20,22H,2-3,8-15H2,1H3,(H,24,25). The van der Waals surface area contributed by atoms with Crippen LogP contribution in [-0.4, -0.2) is 35.1 Å². The molecule has 0 amide bonds. The molecule has 25 heavy (non-hydrogen) atoms. The molecule has 3 rings (SSSR count). The number of nitrogens with one attached hydrogen (secondary N) is 1. The van der Waals surface area contributed by atoms with Crippen molar-refractivity contribution in [2.75, 3.05) is 13.1 Å². The quantitative estimate of drug-likeness (QED) is 0.827. The Hall–Kier alpha value is -1.39. The van der Waals surface area contributed by atoms with E-state index in [2.05, 4.69) is 41.4 Å². The molecule has 4 heteroatoms. The van der Waals surface area contributed by atoms with E-state index in [9.17, 15) is 4.79 Å². The number of rotatable bonds is 6. The molecular formula is C21H32N2O2. The number of likely N-dealkylation sites (tertiary alicyclic amines) is 1. The summed E-state index contributed by atoms with van der Waals surface area (Å²) in [5.41, 5.74) is 2.72. The molecule has 1 unspecified atom stereocenters. The van der Waals surface area contributed by atoms with Gasteiger partial charge in [-0.15, -0.1) is 0 Å². The van der Waals surface area contributed by atoms with Crippen LogP contribution in [0.1, 0.15) is 56.6 Å². The number of aliphatic carboxylic acids is 1. The van der Waals surface area contributed by atoms with Gasteiger partial charge in [-0.05, 0) is 62.1 Å². The highest BCUT2D eigenvalue weighted by atomic mass is 16.4. The number of nitrogens with zero attached hydrogens (tertiary/aromatic N) is 1. The Kier molecular flexibility index (Phi) is 6.49. The number of carboxylic acids is 1.